The van der Waals surface area contributed by atoms with Crippen molar-refractivity contribution in [2.45, 2.75) is 19.8 Å². The Morgan fingerprint density at radius 1 is 1.04 bits per heavy atom. The molecule has 1 nitrogen and oxygen atoms in total. The van der Waals surface area contributed by atoms with Gasteiger partial charge in [-0.25, -0.2) is 0 Å². The van der Waals surface area contributed by atoms with Crippen LogP contribution in [-0.4, -0.2) is 5.78 Å². The van der Waals surface area contributed by atoms with Crippen LogP contribution in [0.25, 0.3) is 11.1 Å². The van der Waals surface area contributed by atoms with E-state index >= 15 is 0 Å². The average molecular weight is 378 g/mol. The average Bonchev–Trinajstić information content (AvgIpc) is 2.57. The van der Waals surface area contributed by atoms with E-state index in [9.17, 15) is 4.79 Å². The van der Waals surface area contributed by atoms with Crippen LogP contribution in [0.3, 0.4) is 0 Å². The normalized spacial score (nSPS) is 12.0. The van der Waals surface area contributed by atoms with Crippen LogP contribution in [0.2, 0.25) is 0 Å². The summed E-state index contributed by atoms with van der Waals surface area (Å²) in [4.78, 5) is 12.3. The molecule has 3 rings (SSSR count). The van der Waals surface area contributed by atoms with Gasteiger partial charge in [0.25, 0.3) is 0 Å². The molecule has 0 bridgehead atoms. The van der Waals surface area contributed by atoms with E-state index in [1.54, 1.807) is 6.92 Å². The molecule has 0 spiro atoms. The van der Waals surface area contributed by atoms with Crippen molar-refractivity contribution in [3.8, 4) is 11.1 Å². The molecule has 0 saturated heterocycles. The summed E-state index contributed by atoms with van der Waals surface area (Å²) in [6.45, 7) is 3.69. The molecule has 24 heavy (non-hydrogen) atoms. The number of halogens is 1. The van der Waals surface area contributed by atoms with Gasteiger partial charge in [-0.2, -0.15) is 0 Å². The first-order valence-corrected chi connectivity index (χ1v) is 8.69. The summed E-state index contributed by atoms with van der Waals surface area (Å²) in [7, 11) is 0. The van der Waals surface area contributed by atoms with E-state index in [4.69, 9.17) is 0 Å². The number of hydrogen-bond donors (Lipinski definition) is 0. The largest absolute Gasteiger partial charge is 0.299 e. The van der Waals surface area contributed by atoms with Gasteiger partial charge in [0.05, 0.1) is 5.92 Å². The van der Waals surface area contributed by atoms with Gasteiger partial charge in [0.15, 0.2) is 0 Å². The van der Waals surface area contributed by atoms with E-state index in [-0.39, 0.29) is 11.7 Å². The lowest BCUT2D eigenvalue weighted by molar-refractivity contribution is -0.117. The molecule has 3 aromatic carbocycles. The van der Waals surface area contributed by atoms with Crippen molar-refractivity contribution in [3.63, 3.8) is 0 Å². The minimum atomic E-state index is -0.284. The highest BCUT2D eigenvalue weighted by atomic mass is 79.9. The number of benzene rings is 3. The summed E-state index contributed by atoms with van der Waals surface area (Å²) in [5, 5.41) is 0. The fourth-order valence-electron chi connectivity index (χ4n) is 2.91. The first kappa shape index (κ1) is 16.7. The van der Waals surface area contributed by atoms with Gasteiger partial charge >= 0.3 is 0 Å². The number of hydrogen-bond acceptors (Lipinski definition) is 1. The maximum Gasteiger partial charge on any atom is 0.141 e. The van der Waals surface area contributed by atoms with Crippen molar-refractivity contribution in [1.82, 2.24) is 0 Å². The summed E-state index contributed by atoms with van der Waals surface area (Å²) in [5.74, 6) is -0.160. The Morgan fingerprint density at radius 2 is 1.75 bits per heavy atom. The predicted octanol–water partition coefficient (Wildman–Crippen LogP) is 5.95. The SMILES string of the molecule is CC(=O)C(c1[c]ccc(-c2ccccc2Br)c1)c1ccc(C)cc1. The topological polar surface area (TPSA) is 17.1 Å². The van der Waals surface area contributed by atoms with Crippen molar-refractivity contribution < 1.29 is 4.79 Å². The van der Waals surface area contributed by atoms with Gasteiger partial charge in [0.2, 0.25) is 0 Å². The van der Waals surface area contributed by atoms with Crippen molar-refractivity contribution in [1.29, 1.82) is 0 Å². The first-order chi connectivity index (χ1) is 11.6. The second kappa shape index (κ2) is 7.14. The van der Waals surface area contributed by atoms with E-state index in [0.717, 1.165) is 26.7 Å². The molecule has 0 amide bonds. The molecule has 0 fully saturated rings. The molecule has 0 aliphatic carbocycles. The Labute approximate surface area is 151 Å². The molecule has 0 aliphatic heterocycles. The van der Waals surface area contributed by atoms with Crippen LogP contribution in [0.15, 0.2) is 71.2 Å². The van der Waals surface area contributed by atoms with Gasteiger partial charge in [-0.15, -0.1) is 0 Å². The summed E-state index contributed by atoms with van der Waals surface area (Å²) in [6, 6.07) is 25.5. The van der Waals surface area contributed by atoms with Gasteiger partial charge in [-0.3, -0.25) is 4.79 Å². The third-order valence-corrected chi connectivity index (χ3v) is 4.83. The van der Waals surface area contributed by atoms with Crippen molar-refractivity contribution in [2.24, 2.45) is 0 Å². The van der Waals surface area contributed by atoms with Gasteiger partial charge in [0.1, 0.15) is 5.78 Å². The minimum absolute atomic E-state index is 0.124. The molecule has 119 valence electrons. The van der Waals surface area contributed by atoms with Crippen LogP contribution in [0.1, 0.15) is 29.5 Å². The second-order valence-electron chi connectivity index (χ2n) is 5.97. The number of Topliss-reactive ketones (excluding diaryl/α,β-unsaturated/α-hetero) is 1. The van der Waals surface area contributed by atoms with Crippen LogP contribution in [0.4, 0.5) is 0 Å². The van der Waals surface area contributed by atoms with Crippen LogP contribution >= 0.6 is 15.9 Å². The summed E-state index contributed by atoms with van der Waals surface area (Å²) < 4.78 is 1.04. The molecule has 2 heteroatoms. The Morgan fingerprint density at radius 3 is 2.42 bits per heavy atom. The Balaban J connectivity index is 2.07. The fourth-order valence-corrected chi connectivity index (χ4v) is 3.42. The van der Waals surface area contributed by atoms with E-state index < -0.39 is 0 Å². The summed E-state index contributed by atoms with van der Waals surface area (Å²) in [5.41, 5.74) is 5.29. The maximum absolute atomic E-state index is 12.3. The van der Waals surface area contributed by atoms with Crippen LogP contribution in [0, 0.1) is 13.0 Å². The zero-order valence-electron chi connectivity index (χ0n) is 13.7. The number of rotatable bonds is 4. The lowest BCUT2D eigenvalue weighted by atomic mass is 9.86. The maximum atomic E-state index is 12.3. The van der Waals surface area contributed by atoms with Crippen molar-refractivity contribution in [3.05, 3.63) is 94.0 Å². The molecular weight excluding hydrogens is 360 g/mol. The number of aryl methyl sites for hydroxylation is 1. The molecular formula is C22H18BrO. The highest BCUT2D eigenvalue weighted by Gasteiger charge is 2.20. The smallest absolute Gasteiger partial charge is 0.141 e. The third-order valence-electron chi connectivity index (χ3n) is 4.14. The van der Waals surface area contributed by atoms with E-state index in [1.807, 2.05) is 61.5 Å². The molecule has 1 atom stereocenters. The Hall–Kier alpha value is -2.19. The van der Waals surface area contributed by atoms with Crippen LogP contribution in [-0.2, 0) is 4.79 Å². The molecule has 1 radical (unpaired) electrons. The number of carbonyl (C=O) groups is 1. The monoisotopic (exact) mass is 377 g/mol. The van der Waals surface area contributed by atoms with Gasteiger partial charge in [-0.1, -0.05) is 76.1 Å². The van der Waals surface area contributed by atoms with E-state index in [2.05, 4.69) is 34.1 Å². The Kier molecular flexibility index (Phi) is 4.96. The van der Waals surface area contributed by atoms with Gasteiger partial charge in [0, 0.05) is 4.47 Å². The lowest BCUT2D eigenvalue weighted by Crippen LogP contribution is -2.10. The van der Waals surface area contributed by atoms with E-state index in [1.165, 1.54) is 5.56 Å². The molecule has 3 aromatic rings. The second-order valence-corrected chi connectivity index (χ2v) is 6.82. The highest BCUT2D eigenvalue weighted by Crippen LogP contribution is 2.32. The third kappa shape index (κ3) is 3.49. The Bertz CT molecular complexity index is 865. The molecule has 0 saturated carbocycles. The van der Waals surface area contributed by atoms with Crippen molar-refractivity contribution >= 4 is 21.7 Å². The molecule has 0 N–H and O–H groups in total. The highest BCUT2D eigenvalue weighted by molar-refractivity contribution is 9.10. The van der Waals surface area contributed by atoms with Gasteiger partial charge < -0.3 is 0 Å². The fraction of sp³-hybridized carbons (Fsp3) is 0.136. The first-order valence-electron chi connectivity index (χ1n) is 7.90. The zero-order chi connectivity index (χ0) is 17.1. The molecule has 0 aliphatic rings. The zero-order valence-corrected chi connectivity index (χ0v) is 15.3. The number of ketones is 1. The quantitative estimate of drug-likeness (QED) is 0.549. The molecule has 0 heterocycles. The molecule has 1 unspecified atom stereocenters. The summed E-state index contributed by atoms with van der Waals surface area (Å²) in [6.07, 6.45) is 0. The van der Waals surface area contributed by atoms with Crippen molar-refractivity contribution in [2.75, 3.05) is 0 Å². The minimum Gasteiger partial charge on any atom is -0.299 e. The standard InChI is InChI=1S/C22H18BrO/c1-15-10-12-17(13-11-15)22(16(2)24)19-7-5-6-18(14-19)20-8-3-4-9-21(20)23/h3-6,8-14,22H,1-2H3. The van der Waals surface area contributed by atoms with Crippen LogP contribution < -0.4 is 0 Å². The predicted molar refractivity (Wildman–Crippen MR) is 102 cm³/mol. The van der Waals surface area contributed by atoms with Gasteiger partial charge in [-0.05, 0) is 54.3 Å². The molecule has 0 aromatic heterocycles. The summed E-state index contributed by atoms with van der Waals surface area (Å²) >= 11 is 3.60. The number of carbonyl (C=O) groups excluding carboxylic acids is 1. The van der Waals surface area contributed by atoms with Crippen LogP contribution in [0.5, 0.6) is 0 Å². The lowest BCUT2D eigenvalue weighted by Gasteiger charge is -2.16. The van der Waals surface area contributed by atoms with E-state index in [0.29, 0.717) is 0 Å².